The van der Waals surface area contributed by atoms with Gasteiger partial charge in [-0.2, -0.15) is 0 Å². The van der Waals surface area contributed by atoms with Crippen LogP contribution in [0.5, 0.6) is 5.75 Å². The van der Waals surface area contributed by atoms with Crippen LogP contribution in [0.15, 0.2) is 77.6 Å². The van der Waals surface area contributed by atoms with Crippen molar-refractivity contribution in [3.63, 3.8) is 0 Å². The molecule has 0 bridgehead atoms. The Bertz CT molecular complexity index is 985. The molecule has 0 amide bonds. The van der Waals surface area contributed by atoms with Crippen molar-refractivity contribution in [2.45, 2.75) is 0 Å². The summed E-state index contributed by atoms with van der Waals surface area (Å²) in [5.74, 6) is 2.40. The van der Waals surface area contributed by atoms with Crippen LogP contribution in [0.3, 0.4) is 0 Å². The molecule has 130 valence electrons. The molecule has 0 saturated carbocycles. The summed E-state index contributed by atoms with van der Waals surface area (Å²) in [6, 6.07) is 19.7. The molecule has 4 aromatic rings. The van der Waals surface area contributed by atoms with Gasteiger partial charge in [-0.15, -0.1) is 0 Å². The minimum absolute atomic E-state index is 0.569. The molecule has 0 N–H and O–H groups in total. The van der Waals surface area contributed by atoms with Gasteiger partial charge in [-0.3, -0.25) is 0 Å². The maximum absolute atomic E-state index is 5.81. The Labute approximate surface area is 151 Å². The maximum atomic E-state index is 5.81. The molecule has 5 heteroatoms. The smallest absolute Gasteiger partial charge is 0.165 e. The number of fused-ring (bicyclic) bond motifs is 1. The van der Waals surface area contributed by atoms with Crippen molar-refractivity contribution in [2.24, 2.45) is 0 Å². The van der Waals surface area contributed by atoms with Crippen LogP contribution in [0.1, 0.15) is 0 Å². The first-order valence-corrected chi connectivity index (χ1v) is 8.49. The van der Waals surface area contributed by atoms with Crippen molar-refractivity contribution in [3.8, 4) is 17.1 Å². The van der Waals surface area contributed by atoms with E-state index in [4.69, 9.17) is 14.1 Å². The van der Waals surface area contributed by atoms with Crippen LogP contribution in [0.2, 0.25) is 0 Å². The first-order valence-electron chi connectivity index (χ1n) is 8.49. The summed E-state index contributed by atoms with van der Waals surface area (Å²) in [7, 11) is 2.02. The average molecular weight is 345 g/mol. The van der Waals surface area contributed by atoms with Crippen molar-refractivity contribution in [2.75, 3.05) is 25.1 Å². The number of anilines is 1. The van der Waals surface area contributed by atoms with Crippen LogP contribution in [0.25, 0.3) is 22.3 Å². The van der Waals surface area contributed by atoms with Crippen LogP contribution in [-0.4, -0.2) is 30.2 Å². The molecule has 0 unspecified atom stereocenters. The van der Waals surface area contributed by atoms with Crippen LogP contribution in [-0.2, 0) is 0 Å². The average Bonchev–Trinajstić information content (AvgIpc) is 3.23. The molecule has 0 aliphatic carbocycles. The van der Waals surface area contributed by atoms with Gasteiger partial charge in [0.2, 0.25) is 0 Å². The first kappa shape index (κ1) is 16.1. The van der Waals surface area contributed by atoms with Crippen LogP contribution < -0.4 is 9.64 Å². The Morgan fingerprint density at radius 2 is 1.77 bits per heavy atom. The largest absolute Gasteiger partial charge is 0.492 e. The fourth-order valence-corrected chi connectivity index (χ4v) is 2.79. The Morgan fingerprint density at radius 3 is 2.58 bits per heavy atom. The molecule has 0 atom stereocenters. The van der Waals surface area contributed by atoms with Crippen molar-refractivity contribution < 1.29 is 9.15 Å². The number of benzene rings is 2. The van der Waals surface area contributed by atoms with Crippen LogP contribution in [0.4, 0.5) is 5.82 Å². The Morgan fingerprint density at radius 1 is 0.962 bits per heavy atom. The van der Waals surface area contributed by atoms with E-state index in [-0.39, 0.29) is 0 Å². The molecule has 0 spiro atoms. The van der Waals surface area contributed by atoms with Gasteiger partial charge in [0.15, 0.2) is 5.82 Å². The number of rotatable bonds is 6. The summed E-state index contributed by atoms with van der Waals surface area (Å²) in [6.45, 7) is 1.28. The second-order valence-electron chi connectivity index (χ2n) is 5.98. The standard InChI is InChI=1S/C21H19N3O2/c1-24(12-14-26-17-7-3-2-4-8-17)21-18-9-5-6-10-19(18)22-20(23-21)16-11-13-25-15-16/h2-11,13,15H,12,14H2,1H3. The van der Waals surface area contributed by atoms with Gasteiger partial charge >= 0.3 is 0 Å². The van der Waals surface area contributed by atoms with E-state index in [1.807, 2.05) is 67.7 Å². The zero-order valence-corrected chi connectivity index (χ0v) is 14.5. The normalized spacial score (nSPS) is 10.8. The van der Waals surface area contributed by atoms with E-state index in [2.05, 4.69) is 9.88 Å². The molecular formula is C21H19N3O2. The monoisotopic (exact) mass is 345 g/mol. The second kappa shape index (κ2) is 7.27. The highest BCUT2D eigenvalue weighted by molar-refractivity contribution is 5.90. The molecule has 5 nitrogen and oxygen atoms in total. The third-order valence-corrected chi connectivity index (χ3v) is 4.16. The Kier molecular flexibility index (Phi) is 4.51. The van der Waals surface area contributed by atoms with Gasteiger partial charge in [0.25, 0.3) is 0 Å². The zero-order chi connectivity index (χ0) is 17.8. The van der Waals surface area contributed by atoms with Crippen molar-refractivity contribution in [1.82, 2.24) is 9.97 Å². The molecule has 0 aliphatic heterocycles. The number of ether oxygens (including phenoxy) is 1. The topological polar surface area (TPSA) is 51.4 Å². The third kappa shape index (κ3) is 3.37. The Hall–Kier alpha value is -3.34. The van der Waals surface area contributed by atoms with E-state index in [1.165, 1.54) is 0 Å². The lowest BCUT2D eigenvalue weighted by atomic mass is 10.2. The highest BCUT2D eigenvalue weighted by Crippen LogP contribution is 2.27. The molecule has 0 fully saturated rings. The van der Waals surface area contributed by atoms with E-state index in [0.717, 1.165) is 28.0 Å². The molecule has 2 aromatic carbocycles. The van der Waals surface area contributed by atoms with E-state index >= 15 is 0 Å². The molecule has 2 heterocycles. The number of hydrogen-bond acceptors (Lipinski definition) is 5. The van der Waals surface area contributed by atoms with E-state index in [0.29, 0.717) is 19.0 Å². The van der Waals surface area contributed by atoms with Crippen LogP contribution in [0, 0.1) is 0 Å². The lowest BCUT2D eigenvalue weighted by Crippen LogP contribution is -2.25. The number of para-hydroxylation sites is 2. The predicted molar refractivity (Wildman–Crippen MR) is 102 cm³/mol. The lowest BCUT2D eigenvalue weighted by molar-refractivity contribution is 0.326. The lowest BCUT2D eigenvalue weighted by Gasteiger charge is -2.20. The fourth-order valence-electron chi connectivity index (χ4n) is 2.79. The second-order valence-corrected chi connectivity index (χ2v) is 5.98. The van der Waals surface area contributed by atoms with Crippen LogP contribution >= 0.6 is 0 Å². The summed E-state index contributed by atoms with van der Waals surface area (Å²) in [5.41, 5.74) is 1.77. The molecule has 0 radical (unpaired) electrons. The number of aromatic nitrogens is 2. The number of nitrogens with zero attached hydrogens (tertiary/aromatic N) is 3. The summed E-state index contributed by atoms with van der Waals surface area (Å²) in [5, 5.41) is 1.02. The minimum atomic E-state index is 0.569. The molecular weight excluding hydrogens is 326 g/mol. The third-order valence-electron chi connectivity index (χ3n) is 4.16. The molecule has 2 aromatic heterocycles. The minimum Gasteiger partial charge on any atom is -0.492 e. The molecule has 4 rings (SSSR count). The fraction of sp³-hybridized carbons (Fsp3) is 0.143. The van der Waals surface area contributed by atoms with Gasteiger partial charge in [0.05, 0.1) is 23.9 Å². The molecule has 26 heavy (non-hydrogen) atoms. The van der Waals surface area contributed by atoms with Gasteiger partial charge < -0.3 is 14.1 Å². The summed E-state index contributed by atoms with van der Waals surface area (Å²) >= 11 is 0. The van der Waals surface area contributed by atoms with Crippen molar-refractivity contribution in [3.05, 3.63) is 73.2 Å². The van der Waals surface area contributed by atoms with Crippen molar-refractivity contribution >= 4 is 16.7 Å². The summed E-state index contributed by atoms with van der Waals surface area (Å²) < 4.78 is 11.0. The maximum Gasteiger partial charge on any atom is 0.165 e. The number of hydrogen-bond donors (Lipinski definition) is 0. The van der Waals surface area contributed by atoms with Gasteiger partial charge in [0, 0.05) is 12.4 Å². The molecule has 0 saturated heterocycles. The highest BCUT2D eigenvalue weighted by atomic mass is 16.5. The molecule has 0 aliphatic rings. The summed E-state index contributed by atoms with van der Waals surface area (Å²) in [4.78, 5) is 11.5. The van der Waals surface area contributed by atoms with E-state index < -0.39 is 0 Å². The van der Waals surface area contributed by atoms with Crippen molar-refractivity contribution in [1.29, 1.82) is 0 Å². The van der Waals surface area contributed by atoms with Gasteiger partial charge in [-0.1, -0.05) is 30.3 Å². The SMILES string of the molecule is CN(CCOc1ccccc1)c1nc(-c2ccoc2)nc2ccccc12. The summed E-state index contributed by atoms with van der Waals surface area (Å²) in [6.07, 6.45) is 3.29. The first-order chi connectivity index (χ1) is 12.8. The quantitative estimate of drug-likeness (QED) is 0.518. The number of likely N-dealkylation sites (N-methyl/N-ethyl adjacent to an activating group) is 1. The predicted octanol–water partition coefficient (Wildman–Crippen LogP) is 4.41. The van der Waals surface area contributed by atoms with Gasteiger partial charge in [-0.25, -0.2) is 9.97 Å². The van der Waals surface area contributed by atoms with E-state index in [9.17, 15) is 0 Å². The highest BCUT2D eigenvalue weighted by Gasteiger charge is 2.13. The zero-order valence-electron chi connectivity index (χ0n) is 14.5. The van der Waals surface area contributed by atoms with Gasteiger partial charge in [0.1, 0.15) is 24.4 Å². The Balaban J connectivity index is 1.59. The van der Waals surface area contributed by atoms with Gasteiger partial charge in [-0.05, 0) is 30.3 Å². The number of furan rings is 1. The van der Waals surface area contributed by atoms with E-state index in [1.54, 1.807) is 12.5 Å².